The van der Waals surface area contributed by atoms with Crippen molar-refractivity contribution >= 4 is 49.7 Å². The molecule has 0 bridgehead atoms. The minimum absolute atomic E-state index is 0.00172. The molecule has 1 fully saturated rings. The second-order valence-electron chi connectivity index (χ2n) is 11.7. The van der Waals surface area contributed by atoms with Crippen molar-refractivity contribution in [1.82, 2.24) is 9.88 Å². The molecule has 0 spiro atoms. The minimum Gasteiger partial charge on any atom is -0.493 e. The Morgan fingerprint density at radius 3 is 2.43 bits per heavy atom. The first-order chi connectivity index (χ1) is 22.3. The van der Waals surface area contributed by atoms with Crippen LogP contribution in [0.15, 0.2) is 59.6 Å². The maximum Gasteiger partial charge on any atom is 0.330 e. The number of hydrogen-bond donors (Lipinski definition) is 4. The largest absolute Gasteiger partial charge is 0.493 e. The molecule has 1 aliphatic carbocycles. The third-order valence-electron chi connectivity index (χ3n) is 7.83. The number of nitrogens with two attached hydrogens (primary N) is 1. The predicted molar refractivity (Wildman–Crippen MR) is 174 cm³/mol. The monoisotopic (exact) mass is 667 g/mol. The maximum absolute atomic E-state index is 15.2. The number of rotatable bonds is 13. The van der Waals surface area contributed by atoms with Crippen LogP contribution in [0, 0.1) is 11.6 Å². The van der Waals surface area contributed by atoms with Crippen molar-refractivity contribution in [3.63, 3.8) is 0 Å². The summed E-state index contributed by atoms with van der Waals surface area (Å²) in [6.07, 6.45) is 2.11. The Labute approximate surface area is 270 Å². The van der Waals surface area contributed by atoms with E-state index in [9.17, 15) is 27.5 Å². The van der Waals surface area contributed by atoms with Crippen LogP contribution in [0.2, 0.25) is 0 Å². The van der Waals surface area contributed by atoms with Gasteiger partial charge < -0.3 is 31.1 Å². The first-order valence-corrected chi connectivity index (χ1v) is 16.3. The molecule has 4 aromatic rings. The zero-order valence-corrected chi connectivity index (χ0v) is 26.8. The molecule has 14 heteroatoms. The number of carboxylic acid groups (broad SMARTS) is 1. The van der Waals surface area contributed by atoms with Gasteiger partial charge in [0.1, 0.15) is 11.6 Å². The van der Waals surface area contributed by atoms with Crippen LogP contribution in [0.25, 0.3) is 10.8 Å². The molecule has 3 aromatic carbocycles. The number of nitrogens with zero attached hydrogens (tertiary/aromatic N) is 2. The lowest BCUT2D eigenvalue weighted by Crippen LogP contribution is -2.21. The van der Waals surface area contributed by atoms with Gasteiger partial charge in [-0.2, -0.15) is 0 Å². The zero-order chi connectivity index (χ0) is 34.0. The van der Waals surface area contributed by atoms with Gasteiger partial charge >= 0.3 is 5.97 Å². The lowest BCUT2D eigenvalue weighted by molar-refractivity contribution is -0.138. The van der Waals surface area contributed by atoms with E-state index in [0.29, 0.717) is 36.0 Å². The topological polar surface area (TPSA) is 164 Å². The average molecular weight is 668 g/mol. The summed E-state index contributed by atoms with van der Waals surface area (Å²) in [5.41, 5.74) is 7.35. The van der Waals surface area contributed by atoms with Crippen LogP contribution in [0.3, 0.4) is 0 Å². The lowest BCUT2D eigenvalue weighted by atomic mass is 9.99. The summed E-state index contributed by atoms with van der Waals surface area (Å²) < 4.78 is 60.8. The third-order valence-corrected chi connectivity index (χ3v) is 10.2. The summed E-state index contributed by atoms with van der Waals surface area (Å²) in [6, 6.07) is 10.1. The highest BCUT2D eigenvalue weighted by Gasteiger charge is 2.38. The van der Waals surface area contributed by atoms with Crippen molar-refractivity contribution < 1.29 is 36.6 Å². The molecule has 1 unspecified atom stereocenters. The molecule has 1 amide bonds. The third kappa shape index (κ3) is 7.44. The number of carboxylic acids is 1. The molecule has 0 aliphatic heterocycles. The van der Waals surface area contributed by atoms with E-state index in [2.05, 4.69) is 15.6 Å². The van der Waals surface area contributed by atoms with Crippen LogP contribution in [0.4, 0.5) is 26.0 Å². The van der Waals surface area contributed by atoms with Crippen LogP contribution < -0.4 is 21.1 Å². The van der Waals surface area contributed by atoms with E-state index in [-0.39, 0.29) is 56.8 Å². The molecule has 1 heterocycles. The second-order valence-corrected chi connectivity index (χ2v) is 13.9. The number of pyridine rings is 1. The summed E-state index contributed by atoms with van der Waals surface area (Å²) in [7, 11) is 1.45. The predicted octanol–water partition coefficient (Wildman–Crippen LogP) is 4.91. The molecule has 1 aliphatic rings. The number of sulfone groups is 1. The number of aromatic nitrogens is 1. The van der Waals surface area contributed by atoms with Crippen molar-refractivity contribution in [3.8, 4) is 5.75 Å². The summed E-state index contributed by atoms with van der Waals surface area (Å²) in [4.78, 5) is 31.2. The maximum atomic E-state index is 15.2. The SMILES string of the molecule is COc1c(F)cc(C(Nc2ccc3c(N)ncc(F)c3c2)C(=O)O)cc1CCC(=O)Nc1ccc(S(=O)(=O)C2CC2)c(CN(C)C)c1. The summed E-state index contributed by atoms with van der Waals surface area (Å²) >= 11 is 0. The highest BCUT2D eigenvalue weighted by molar-refractivity contribution is 7.92. The number of fused-ring (bicyclic) bond motifs is 1. The van der Waals surface area contributed by atoms with E-state index in [1.54, 1.807) is 12.1 Å². The zero-order valence-electron chi connectivity index (χ0n) is 26.0. The standard InChI is InChI=1S/C33H35F2N5O6S/c1-40(2)17-20-13-21(6-10-28(20)47(44,45)23-7-8-23)38-29(41)11-4-18-12-19(14-26(34)31(18)46-3)30(33(42)43)39-22-5-9-24-25(15-22)27(35)16-37-32(24)36/h5-6,9-10,12-16,23,30,39H,4,7-8,11,17H2,1-3H3,(H2,36,37)(H,38,41)(H,42,43). The molecule has 11 nitrogen and oxygen atoms in total. The Balaban J connectivity index is 1.35. The van der Waals surface area contributed by atoms with Crippen molar-refractivity contribution in [3.05, 3.63) is 83.1 Å². The fourth-order valence-corrected chi connectivity index (χ4v) is 7.32. The van der Waals surface area contributed by atoms with E-state index in [0.717, 1.165) is 12.3 Å². The summed E-state index contributed by atoms with van der Waals surface area (Å²) in [5, 5.41) is 15.7. The Morgan fingerprint density at radius 1 is 1.04 bits per heavy atom. The van der Waals surface area contributed by atoms with Crippen molar-refractivity contribution in [2.24, 2.45) is 0 Å². The van der Waals surface area contributed by atoms with E-state index < -0.39 is 39.4 Å². The van der Waals surface area contributed by atoms with Gasteiger partial charge in [-0.05, 0) is 98.6 Å². The number of aliphatic carboxylic acids is 1. The van der Waals surface area contributed by atoms with E-state index in [1.807, 2.05) is 19.0 Å². The Bertz CT molecular complexity index is 1970. The van der Waals surface area contributed by atoms with E-state index in [1.165, 1.54) is 37.4 Å². The van der Waals surface area contributed by atoms with Gasteiger partial charge in [0.2, 0.25) is 5.91 Å². The fourth-order valence-electron chi connectivity index (χ4n) is 5.46. The highest BCUT2D eigenvalue weighted by Crippen LogP contribution is 2.36. The van der Waals surface area contributed by atoms with Gasteiger partial charge in [-0.25, -0.2) is 27.0 Å². The number of ether oxygens (including phenoxy) is 1. The average Bonchev–Trinajstić information content (AvgIpc) is 3.87. The van der Waals surface area contributed by atoms with Crippen LogP contribution in [0.5, 0.6) is 5.75 Å². The molecule has 1 atom stereocenters. The number of nitrogen functional groups attached to an aromatic ring is 1. The Hall–Kier alpha value is -4.82. The van der Waals surface area contributed by atoms with Crippen molar-refractivity contribution in [1.29, 1.82) is 0 Å². The highest BCUT2D eigenvalue weighted by atomic mass is 32.2. The number of amides is 1. The molecule has 47 heavy (non-hydrogen) atoms. The van der Waals surface area contributed by atoms with E-state index >= 15 is 4.39 Å². The number of nitrogens with one attached hydrogen (secondary N) is 2. The van der Waals surface area contributed by atoms with Gasteiger partial charge in [-0.3, -0.25) is 4.79 Å². The van der Waals surface area contributed by atoms with Gasteiger partial charge in [0, 0.05) is 35.1 Å². The number of hydrogen-bond acceptors (Lipinski definition) is 9. The molecule has 248 valence electrons. The lowest BCUT2D eigenvalue weighted by Gasteiger charge is -2.19. The quantitative estimate of drug-likeness (QED) is 0.154. The number of halogens is 2. The number of anilines is 3. The number of carbonyl (C=O) groups is 2. The normalized spacial score (nSPS) is 13.8. The molecule has 5 rings (SSSR count). The molecule has 0 radical (unpaired) electrons. The first-order valence-electron chi connectivity index (χ1n) is 14.8. The Kier molecular flexibility index (Phi) is 9.63. The van der Waals surface area contributed by atoms with Gasteiger partial charge in [0.05, 0.1) is 23.5 Å². The van der Waals surface area contributed by atoms with Gasteiger partial charge in [0.25, 0.3) is 0 Å². The minimum atomic E-state index is -3.46. The van der Waals surface area contributed by atoms with Crippen LogP contribution in [-0.4, -0.2) is 61.7 Å². The summed E-state index contributed by atoms with van der Waals surface area (Å²) in [5.74, 6) is -3.24. The molecule has 0 saturated heterocycles. The first kappa shape index (κ1) is 33.5. The number of carbonyl (C=O) groups excluding carboxylic acids is 1. The van der Waals surface area contributed by atoms with Gasteiger partial charge in [-0.1, -0.05) is 0 Å². The second kappa shape index (κ2) is 13.5. The molecular weight excluding hydrogens is 632 g/mol. The van der Waals surface area contributed by atoms with Crippen LogP contribution >= 0.6 is 0 Å². The van der Waals surface area contributed by atoms with Gasteiger partial charge in [0.15, 0.2) is 27.4 Å². The number of aryl methyl sites for hydroxylation is 1. The smallest absolute Gasteiger partial charge is 0.330 e. The molecule has 1 saturated carbocycles. The summed E-state index contributed by atoms with van der Waals surface area (Å²) in [6.45, 7) is 0.354. The van der Waals surface area contributed by atoms with Crippen molar-refractivity contribution in [2.45, 2.75) is 48.4 Å². The van der Waals surface area contributed by atoms with Crippen LogP contribution in [0.1, 0.15) is 42.0 Å². The van der Waals surface area contributed by atoms with Crippen LogP contribution in [-0.2, 0) is 32.4 Å². The van der Waals surface area contributed by atoms with Gasteiger partial charge in [-0.15, -0.1) is 0 Å². The fraction of sp³-hybridized carbons (Fsp3) is 0.303. The molecular formula is C33H35F2N5O6S. The van der Waals surface area contributed by atoms with E-state index in [4.69, 9.17) is 10.5 Å². The molecule has 1 aromatic heterocycles. The number of methoxy groups -OCH3 is 1. The molecule has 5 N–H and O–H groups in total. The Morgan fingerprint density at radius 2 is 1.77 bits per heavy atom. The number of benzene rings is 3. The van der Waals surface area contributed by atoms with Crippen molar-refractivity contribution in [2.75, 3.05) is 37.6 Å².